The fraction of sp³-hybridized carbons (Fsp3) is 0.429. The number of amides is 1. The van der Waals surface area contributed by atoms with Gasteiger partial charge in [0.05, 0.1) is 24.0 Å². The number of halogens is 1. The highest BCUT2D eigenvalue weighted by Crippen LogP contribution is 2.26. The molecule has 1 aromatic heterocycles. The highest BCUT2D eigenvalue weighted by molar-refractivity contribution is 6.17. The summed E-state index contributed by atoms with van der Waals surface area (Å²) >= 11 is 5.96. The Kier molecular flexibility index (Phi) is 4.49. The molecule has 0 saturated heterocycles. The second-order valence-electron chi connectivity index (χ2n) is 4.46. The van der Waals surface area contributed by atoms with Crippen molar-refractivity contribution in [1.82, 2.24) is 14.9 Å². The molecule has 1 N–H and O–H groups in total. The summed E-state index contributed by atoms with van der Waals surface area (Å²) in [5, 5.41) is 2.82. The average Bonchev–Trinajstić information content (AvgIpc) is 2.83. The first-order valence-corrected chi connectivity index (χ1v) is 7.04. The SMILES string of the molecule is CCNC(=O)C(C)n1c(CCl)nc2ccc(OC)cc21. The van der Waals surface area contributed by atoms with E-state index in [2.05, 4.69) is 10.3 Å². The molecule has 1 atom stereocenters. The summed E-state index contributed by atoms with van der Waals surface area (Å²) in [4.78, 5) is 16.5. The molecule has 0 bridgehead atoms. The lowest BCUT2D eigenvalue weighted by Crippen LogP contribution is -2.31. The molecule has 0 fully saturated rings. The molecule has 5 nitrogen and oxygen atoms in total. The fourth-order valence-corrected chi connectivity index (χ4v) is 2.40. The van der Waals surface area contributed by atoms with Gasteiger partial charge in [0.25, 0.3) is 0 Å². The minimum Gasteiger partial charge on any atom is -0.497 e. The van der Waals surface area contributed by atoms with E-state index < -0.39 is 0 Å². The Labute approximate surface area is 122 Å². The van der Waals surface area contributed by atoms with E-state index in [0.29, 0.717) is 12.4 Å². The molecule has 1 amide bonds. The molecule has 1 aromatic carbocycles. The number of hydrogen-bond acceptors (Lipinski definition) is 3. The van der Waals surface area contributed by atoms with Crippen molar-refractivity contribution in [3.05, 3.63) is 24.0 Å². The molecule has 0 spiro atoms. The lowest BCUT2D eigenvalue weighted by molar-refractivity contribution is -0.123. The number of rotatable bonds is 5. The van der Waals surface area contributed by atoms with Crippen molar-refractivity contribution >= 4 is 28.5 Å². The number of hydrogen-bond donors (Lipinski definition) is 1. The molecule has 2 rings (SSSR count). The summed E-state index contributed by atoms with van der Waals surface area (Å²) < 4.78 is 7.09. The number of ether oxygens (including phenoxy) is 1. The van der Waals surface area contributed by atoms with E-state index >= 15 is 0 Å². The molecule has 1 heterocycles. The monoisotopic (exact) mass is 295 g/mol. The van der Waals surface area contributed by atoms with Gasteiger partial charge >= 0.3 is 0 Å². The highest BCUT2D eigenvalue weighted by atomic mass is 35.5. The molecule has 1 unspecified atom stereocenters. The van der Waals surface area contributed by atoms with Gasteiger partial charge in [-0.15, -0.1) is 11.6 Å². The van der Waals surface area contributed by atoms with Crippen LogP contribution in [0.25, 0.3) is 11.0 Å². The number of likely N-dealkylation sites (N-methyl/N-ethyl adjacent to an activating group) is 1. The van der Waals surface area contributed by atoms with E-state index in [0.717, 1.165) is 16.8 Å². The maximum Gasteiger partial charge on any atom is 0.242 e. The zero-order valence-corrected chi connectivity index (χ0v) is 12.6. The zero-order valence-electron chi connectivity index (χ0n) is 11.8. The van der Waals surface area contributed by atoms with Crippen molar-refractivity contribution in [1.29, 1.82) is 0 Å². The van der Waals surface area contributed by atoms with Gasteiger partial charge in [-0.2, -0.15) is 0 Å². The molecule has 0 aliphatic heterocycles. The quantitative estimate of drug-likeness (QED) is 0.862. The van der Waals surface area contributed by atoms with E-state index in [4.69, 9.17) is 16.3 Å². The van der Waals surface area contributed by atoms with Crippen LogP contribution in [0, 0.1) is 0 Å². The van der Waals surface area contributed by atoms with Gasteiger partial charge in [0.2, 0.25) is 5.91 Å². The number of fused-ring (bicyclic) bond motifs is 1. The van der Waals surface area contributed by atoms with E-state index in [9.17, 15) is 4.79 Å². The van der Waals surface area contributed by atoms with Crippen molar-refractivity contribution in [2.45, 2.75) is 25.8 Å². The van der Waals surface area contributed by atoms with Crippen LogP contribution in [0.1, 0.15) is 25.7 Å². The molecule has 20 heavy (non-hydrogen) atoms. The van der Waals surface area contributed by atoms with Gasteiger partial charge in [-0.05, 0) is 26.0 Å². The van der Waals surface area contributed by atoms with E-state index in [1.165, 1.54) is 0 Å². The predicted octanol–water partition coefficient (Wildman–Crippen LogP) is 2.48. The number of carbonyl (C=O) groups is 1. The second kappa shape index (κ2) is 6.13. The molecule has 0 radical (unpaired) electrons. The molecule has 0 aliphatic carbocycles. The number of nitrogens with one attached hydrogen (secondary N) is 1. The minimum atomic E-state index is -0.374. The van der Waals surface area contributed by atoms with E-state index in [1.54, 1.807) is 7.11 Å². The van der Waals surface area contributed by atoms with Crippen molar-refractivity contribution in [3.63, 3.8) is 0 Å². The van der Waals surface area contributed by atoms with Crippen molar-refractivity contribution in [2.24, 2.45) is 0 Å². The lowest BCUT2D eigenvalue weighted by atomic mass is 10.2. The predicted molar refractivity (Wildman–Crippen MR) is 79.2 cm³/mol. The van der Waals surface area contributed by atoms with Crippen LogP contribution in [0.3, 0.4) is 0 Å². The summed E-state index contributed by atoms with van der Waals surface area (Å²) in [7, 11) is 1.61. The van der Waals surface area contributed by atoms with Gasteiger partial charge in [-0.25, -0.2) is 4.98 Å². The lowest BCUT2D eigenvalue weighted by Gasteiger charge is -2.16. The molecule has 2 aromatic rings. The van der Waals surface area contributed by atoms with E-state index in [1.807, 2.05) is 36.6 Å². The smallest absolute Gasteiger partial charge is 0.242 e. The van der Waals surface area contributed by atoms with Gasteiger partial charge in [0, 0.05) is 12.6 Å². The number of aromatic nitrogens is 2. The Balaban J connectivity index is 2.56. The van der Waals surface area contributed by atoms with Crippen LogP contribution < -0.4 is 10.1 Å². The molecule has 6 heteroatoms. The average molecular weight is 296 g/mol. The Bertz CT molecular complexity index is 624. The molecule has 0 aliphatic rings. The number of methoxy groups -OCH3 is 1. The summed E-state index contributed by atoms with van der Waals surface area (Å²) in [5.74, 6) is 1.60. The maximum atomic E-state index is 12.1. The summed E-state index contributed by atoms with van der Waals surface area (Å²) in [6.07, 6.45) is 0. The topological polar surface area (TPSA) is 56.2 Å². The van der Waals surface area contributed by atoms with Crippen molar-refractivity contribution in [2.75, 3.05) is 13.7 Å². The van der Waals surface area contributed by atoms with Gasteiger partial charge in [-0.1, -0.05) is 0 Å². The van der Waals surface area contributed by atoms with Crippen LogP contribution in [0.5, 0.6) is 5.75 Å². The first-order valence-electron chi connectivity index (χ1n) is 6.50. The number of alkyl halides is 1. The van der Waals surface area contributed by atoms with Gasteiger partial charge < -0.3 is 14.6 Å². The normalized spacial score (nSPS) is 12.4. The standard InChI is InChI=1S/C14H18ClN3O2/c1-4-16-14(19)9(2)18-12-7-10(20-3)5-6-11(12)17-13(18)8-15/h5-7,9H,4,8H2,1-3H3,(H,16,19). The largest absolute Gasteiger partial charge is 0.497 e. The minimum absolute atomic E-state index is 0.0546. The summed E-state index contributed by atoms with van der Waals surface area (Å²) in [6.45, 7) is 4.32. The number of carbonyl (C=O) groups excluding carboxylic acids is 1. The molecule has 0 saturated carbocycles. The molecular formula is C14H18ClN3O2. The first-order chi connectivity index (χ1) is 9.62. The maximum absolute atomic E-state index is 12.1. The fourth-order valence-electron chi connectivity index (χ4n) is 2.22. The Morgan fingerprint density at radius 3 is 2.90 bits per heavy atom. The first kappa shape index (κ1) is 14.7. The number of nitrogens with zero attached hydrogens (tertiary/aromatic N) is 2. The number of benzene rings is 1. The molecule has 108 valence electrons. The third-order valence-electron chi connectivity index (χ3n) is 3.21. The van der Waals surface area contributed by atoms with Crippen LogP contribution in [0.15, 0.2) is 18.2 Å². The number of imidazole rings is 1. The highest BCUT2D eigenvalue weighted by Gasteiger charge is 2.21. The second-order valence-corrected chi connectivity index (χ2v) is 4.72. The van der Waals surface area contributed by atoms with Crippen molar-refractivity contribution < 1.29 is 9.53 Å². The van der Waals surface area contributed by atoms with E-state index in [-0.39, 0.29) is 17.8 Å². The van der Waals surface area contributed by atoms with Crippen LogP contribution in [0.4, 0.5) is 0 Å². The third kappa shape index (κ3) is 2.58. The molecular weight excluding hydrogens is 278 g/mol. The van der Waals surface area contributed by atoms with Crippen LogP contribution in [-0.4, -0.2) is 29.1 Å². The Morgan fingerprint density at radius 1 is 1.55 bits per heavy atom. The summed E-state index contributed by atoms with van der Waals surface area (Å²) in [5.41, 5.74) is 1.65. The van der Waals surface area contributed by atoms with Crippen molar-refractivity contribution in [3.8, 4) is 5.75 Å². The van der Waals surface area contributed by atoms with Gasteiger partial charge in [0.1, 0.15) is 17.6 Å². The van der Waals surface area contributed by atoms with Crippen LogP contribution in [0.2, 0.25) is 0 Å². The zero-order chi connectivity index (χ0) is 14.7. The summed E-state index contributed by atoms with van der Waals surface area (Å²) in [6, 6.07) is 5.20. The van der Waals surface area contributed by atoms with Gasteiger partial charge in [0.15, 0.2) is 0 Å². The van der Waals surface area contributed by atoms with Gasteiger partial charge in [-0.3, -0.25) is 4.79 Å². The Hall–Kier alpha value is -1.75. The third-order valence-corrected chi connectivity index (χ3v) is 3.45. The Morgan fingerprint density at radius 2 is 2.30 bits per heavy atom. The van der Waals surface area contributed by atoms with Crippen LogP contribution >= 0.6 is 11.6 Å². The van der Waals surface area contributed by atoms with Crippen LogP contribution in [-0.2, 0) is 10.7 Å².